The van der Waals surface area contributed by atoms with Crippen molar-refractivity contribution in [1.29, 1.82) is 0 Å². The van der Waals surface area contributed by atoms with Gasteiger partial charge < -0.3 is 9.84 Å². The minimum atomic E-state index is -3.27. The third-order valence-electron chi connectivity index (χ3n) is 2.23. The fraction of sp³-hybridized carbons (Fsp3) is 0.0769. The first-order valence-corrected chi connectivity index (χ1v) is 7.36. The maximum atomic E-state index is 11.0. The van der Waals surface area contributed by atoms with Gasteiger partial charge in [0.2, 0.25) is 10.0 Å². The number of hydrogen-bond donors (Lipinski definition) is 2. The first-order valence-electron chi connectivity index (χ1n) is 5.47. The number of phenols is 1. The van der Waals surface area contributed by atoms with E-state index < -0.39 is 10.0 Å². The van der Waals surface area contributed by atoms with Crippen LogP contribution in [0.5, 0.6) is 17.2 Å². The minimum Gasteiger partial charge on any atom is -0.508 e. The Hall–Kier alpha value is -2.21. The Morgan fingerprint density at radius 3 is 1.89 bits per heavy atom. The van der Waals surface area contributed by atoms with Gasteiger partial charge in [0.05, 0.1) is 6.26 Å². The first kappa shape index (κ1) is 13.2. The zero-order chi connectivity index (χ0) is 13.9. The molecule has 0 fully saturated rings. The third-order valence-corrected chi connectivity index (χ3v) is 2.84. The standard InChI is InChI=1S/C13H13NO4S/c1-19(16,17)14-10-2-6-12(7-3-10)18-13-8-4-11(15)5-9-13/h2-9,14-15H,1H3. The average Bonchev–Trinajstić information content (AvgIpc) is 2.33. The lowest BCUT2D eigenvalue weighted by Crippen LogP contribution is -2.09. The van der Waals surface area contributed by atoms with E-state index in [0.29, 0.717) is 17.2 Å². The van der Waals surface area contributed by atoms with Gasteiger partial charge in [0.25, 0.3) is 0 Å². The van der Waals surface area contributed by atoms with E-state index in [1.807, 2.05) is 0 Å². The van der Waals surface area contributed by atoms with Crippen LogP contribution in [0.4, 0.5) is 5.69 Å². The Kier molecular flexibility index (Phi) is 3.62. The molecule has 0 spiro atoms. The fourth-order valence-corrected chi connectivity index (χ4v) is 2.02. The van der Waals surface area contributed by atoms with Gasteiger partial charge in [0.1, 0.15) is 17.2 Å². The first-order chi connectivity index (χ1) is 8.92. The van der Waals surface area contributed by atoms with E-state index in [9.17, 15) is 8.42 Å². The van der Waals surface area contributed by atoms with Crippen molar-refractivity contribution in [3.05, 3.63) is 48.5 Å². The molecule has 0 unspecified atom stereocenters. The highest BCUT2D eigenvalue weighted by Crippen LogP contribution is 2.24. The van der Waals surface area contributed by atoms with Crippen molar-refractivity contribution in [2.24, 2.45) is 0 Å². The van der Waals surface area contributed by atoms with Gasteiger partial charge in [-0.25, -0.2) is 8.42 Å². The molecule has 5 nitrogen and oxygen atoms in total. The van der Waals surface area contributed by atoms with Gasteiger partial charge >= 0.3 is 0 Å². The fourth-order valence-electron chi connectivity index (χ4n) is 1.46. The molecule has 19 heavy (non-hydrogen) atoms. The molecular weight excluding hydrogens is 266 g/mol. The van der Waals surface area contributed by atoms with E-state index in [4.69, 9.17) is 9.84 Å². The van der Waals surface area contributed by atoms with Gasteiger partial charge in [0, 0.05) is 5.69 Å². The van der Waals surface area contributed by atoms with Crippen LogP contribution in [0.3, 0.4) is 0 Å². The largest absolute Gasteiger partial charge is 0.508 e. The predicted octanol–water partition coefficient (Wildman–Crippen LogP) is 2.56. The Bertz CT molecular complexity index is 648. The van der Waals surface area contributed by atoms with E-state index in [0.717, 1.165) is 6.26 Å². The van der Waals surface area contributed by atoms with Crippen molar-refractivity contribution in [2.45, 2.75) is 0 Å². The van der Waals surface area contributed by atoms with Crippen LogP contribution in [-0.2, 0) is 10.0 Å². The number of sulfonamides is 1. The van der Waals surface area contributed by atoms with Gasteiger partial charge in [-0.05, 0) is 48.5 Å². The summed E-state index contributed by atoms with van der Waals surface area (Å²) in [5, 5.41) is 9.15. The number of nitrogens with one attached hydrogen (secondary N) is 1. The maximum absolute atomic E-state index is 11.0. The summed E-state index contributed by atoms with van der Waals surface area (Å²) in [5.74, 6) is 1.33. The van der Waals surface area contributed by atoms with Crippen molar-refractivity contribution in [3.63, 3.8) is 0 Å². The van der Waals surface area contributed by atoms with E-state index in [2.05, 4.69) is 4.72 Å². The summed E-state index contributed by atoms with van der Waals surface area (Å²) in [6.07, 6.45) is 1.09. The lowest BCUT2D eigenvalue weighted by Gasteiger charge is -2.07. The summed E-state index contributed by atoms with van der Waals surface area (Å²) in [6, 6.07) is 12.8. The number of hydrogen-bond acceptors (Lipinski definition) is 4. The van der Waals surface area contributed by atoms with Crippen LogP contribution < -0.4 is 9.46 Å². The summed E-state index contributed by atoms with van der Waals surface area (Å²) < 4.78 is 30.0. The number of benzene rings is 2. The lowest BCUT2D eigenvalue weighted by molar-refractivity contribution is 0.464. The molecule has 0 aromatic heterocycles. The van der Waals surface area contributed by atoms with E-state index in [-0.39, 0.29) is 5.75 Å². The number of aromatic hydroxyl groups is 1. The van der Waals surface area contributed by atoms with Gasteiger partial charge in [-0.1, -0.05) is 0 Å². The molecule has 2 aromatic rings. The van der Waals surface area contributed by atoms with Gasteiger partial charge in [-0.2, -0.15) is 0 Å². The van der Waals surface area contributed by atoms with Crippen LogP contribution >= 0.6 is 0 Å². The molecule has 0 aliphatic rings. The molecule has 2 aromatic carbocycles. The van der Waals surface area contributed by atoms with Crippen molar-refractivity contribution >= 4 is 15.7 Å². The summed E-state index contributed by atoms with van der Waals surface area (Å²) in [4.78, 5) is 0. The molecule has 2 rings (SSSR count). The second-order valence-electron chi connectivity index (χ2n) is 3.99. The topological polar surface area (TPSA) is 75.6 Å². The number of phenolic OH excluding ortho intramolecular Hbond substituents is 1. The second kappa shape index (κ2) is 5.19. The summed E-state index contributed by atoms with van der Waals surface area (Å²) in [5.41, 5.74) is 0.473. The molecule has 0 saturated heterocycles. The highest BCUT2D eigenvalue weighted by Gasteiger charge is 2.02. The normalized spacial score (nSPS) is 11.0. The van der Waals surface area contributed by atoms with Crippen LogP contribution in [0.1, 0.15) is 0 Å². The van der Waals surface area contributed by atoms with Gasteiger partial charge in [-0.15, -0.1) is 0 Å². The summed E-state index contributed by atoms with van der Waals surface area (Å²) >= 11 is 0. The molecule has 0 amide bonds. The molecule has 100 valence electrons. The van der Waals surface area contributed by atoms with Crippen molar-refractivity contribution < 1.29 is 18.3 Å². The van der Waals surface area contributed by atoms with Crippen LogP contribution in [0.2, 0.25) is 0 Å². The minimum absolute atomic E-state index is 0.167. The van der Waals surface area contributed by atoms with E-state index >= 15 is 0 Å². The van der Waals surface area contributed by atoms with E-state index in [1.54, 1.807) is 36.4 Å². The molecular formula is C13H13NO4S. The molecule has 0 aliphatic heterocycles. The van der Waals surface area contributed by atoms with Crippen LogP contribution in [-0.4, -0.2) is 19.8 Å². The molecule has 2 N–H and O–H groups in total. The van der Waals surface area contributed by atoms with Crippen LogP contribution in [0.15, 0.2) is 48.5 Å². The number of anilines is 1. The zero-order valence-electron chi connectivity index (χ0n) is 10.2. The molecule has 0 radical (unpaired) electrons. The molecule has 0 heterocycles. The number of ether oxygens (including phenoxy) is 1. The SMILES string of the molecule is CS(=O)(=O)Nc1ccc(Oc2ccc(O)cc2)cc1. The Morgan fingerprint density at radius 2 is 1.42 bits per heavy atom. The summed E-state index contributed by atoms with van der Waals surface area (Å²) in [6.45, 7) is 0. The zero-order valence-corrected chi connectivity index (χ0v) is 11.0. The molecule has 0 aliphatic carbocycles. The molecule has 0 atom stereocenters. The Labute approximate surface area is 111 Å². The molecule has 6 heteroatoms. The molecule has 0 bridgehead atoms. The van der Waals surface area contributed by atoms with Crippen molar-refractivity contribution in [1.82, 2.24) is 0 Å². The second-order valence-corrected chi connectivity index (χ2v) is 5.74. The van der Waals surface area contributed by atoms with Crippen LogP contribution in [0.25, 0.3) is 0 Å². The monoisotopic (exact) mass is 279 g/mol. The quantitative estimate of drug-likeness (QED) is 0.901. The number of rotatable bonds is 4. The highest BCUT2D eigenvalue weighted by atomic mass is 32.2. The van der Waals surface area contributed by atoms with Crippen molar-refractivity contribution in [2.75, 3.05) is 11.0 Å². The Balaban J connectivity index is 2.08. The highest BCUT2D eigenvalue weighted by molar-refractivity contribution is 7.92. The smallest absolute Gasteiger partial charge is 0.229 e. The average molecular weight is 279 g/mol. The third kappa shape index (κ3) is 4.18. The lowest BCUT2D eigenvalue weighted by atomic mass is 10.3. The van der Waals surface area contributed by atoms with Gasteiger partial charge in [0.15, 0.2) is 0 Å². The van der Waals surface area contributed by atoms with Gasteiger partial charge in [-0.3, -0.25) is 4.72 Å². The molecule has 0 saturated carbocycles. The van der Waals surface area contributed by atoms with E-state index in [1.165, 1.54) is 12.1 Å². The van der Waals surface area contributed by atoms with Crippen LogP contribution in [0, 0.1) is 0 Å². The summed E-state index contributed by atoms with van der Waals surface area (Å²) in [7, 11) is -3.27. The maximum Gasteiger partial charge on any atom is 0.229 e. The van der Waals surface area contributed by atoms with Crippen molar-refractivity contribution in [3.8, 4) is 17.2 Å². The Morgan fingerprint density at radius 1 is 0.947 bits per heavy atom. The predicted molar refractivity (Wildman–Crippen MR) is 73.1 cm³/mol.